The minimum Gasteiger partial charge on any atom is -0.493 e. The average molecular weight is 356 g/mol. The molecule has 0 radical (unpaired) electrons. The second-order valence-electron chi connectivity index (χ2n) is 5.57. The molecule has 1 N–H and O–H groups in total. The van der Waals surface area contributed by atoms with Crippen LogP contribution in [0, 0.1) is 6.92 Å². The van der Waals surface area contributed by atoms with Crippen LogP contribution in [0.1, 0.15) is 15.4 Å². The largest absolute Gasteiger partial charge is 0.493 e. The highest BCUT2D eigenvalue weighted by atomic mass is 32.1. The SMILES string of the molecule is COc1cc(C(=O)Nc2ccc3nc(C)sc3c2)cc2c1OCCO2. The van der Waals surface area contributed by atoms with Crippen LogP contribution in [0.4, 0.5) is 5.69 Å². The quantitative estimate of drug-likeness (QED) is 0.776. The van der Waals surface area contributed by atoms with Crippen molar-refractivity contribution in [2.75, 3.05) is 25.6 Å². The Bertz CT molecular complexity index is 950. The summed E-state index contributed by atoms with van der Waals surface area (Å²) >= 11 is 1.59. The smallest absolute Gasteiger partial charge is 0.255 e. The summed E-state index contributed by atoms with van der Waals surface area (Å²) in [5.41, 5.74) is 2.10. The maximum absolute atomic E-state index is 12.6. The van der Waals surface area contributed by atoms with Crippen LogP contribution in [-0.4, -0.2) is 31.2 Å². The second kappa shape index (κ2) is 6.25. The van der Waals surface area contributed by atoms with E-state index in [1.807, 2.05) is 25.1 Å². The summed E-state index contributed by atoms with van der Waals surface area (Å²) < 4.78 is 17.5. The van der Waals surface area contributed by atoms with Gasteiger partial charge < -0.3 is 19.5 Å². The number of rotatable bonds is 3. The Balaban J connectivity index is 1.63. The molecule has 0 unspecified atom stereocenters. The number of methoxy groups -OCH3 is 1. The van der Waals surface area contributed by atoms with Crippen LogP contribution >= 0.6 is 11.3 Å². The third-order valence-corrected chi connectivity index (χ3v) is 4.78. The fourth-order valence-electron chi connectivity index (χ4n) is 2.73. The van der Waals surface area contributed by atoms with E-state index in [1.165, 1.54) is 7.11 Å². The predicted molar refractivity (Wildman–Crippen MR) is 96.3 cm³/mol. The number of aryl methyl sites for hydroxylation is 1. The van der Waals surface area contributed by atoms with Gasteiger partial charge in [-0.05, 0) is 37.3 Å². The van der Waals surface area contributed by atoms with Gasteiger partial charge in [0.1, 0.15) is 13.2 Å². The summed E-state index contributed by atoms with van der Waals surface area (Å²) in [6.45, 7) is 2.87. The fourth-order valence-corrected chi connectivity index (χ4v) is 3.59. The van der Waals surface area contributed by atoms with Gasteiger partial charge in [-0.3, -0.25) is 4.79 Å². The molecular weight excluding hydrogens is 340 g/mol. The summed E-state index contributed by atoms with van der Waals surface area (Å²) in [5.74, 6) is 1.29. The molecule has 4 rings (SSSR count). The van der Waals surface area contributed by atoms with Crippen LogP contribution in [0.2, 0.25) is 0 Å². The first-order chi connectivity index (χ1) is 12.1. The molecule has 2 aromatic carbocycles. The molecule has 1 amide bonds. The molecule has 0 aliphatic carbocycles. The Kier molecular flexibility index (Phi) is 3.93. The summed E-state index contributed by atoms with van der Waals surface area (Å²) in [7, 11) is 1.54. The minimum absolute atomic E-state index is 0.240. The fraction of sp³-hybridized carbons (Fsp3) is 0.222. The standard InChI is InChI=1S/C18H16N2O4S/c1-10-19-13-4-3-12(9-16(13)25-10)20-18(21)11-7-14(22-2)17-15(8-11)23-5-6-24-17/h3-4,7-9H,5-6H2,1-2H3,(H,20,21). The number of benzene rings is 2. The number of nitrogens with one attached hydrogen (secondary N) is 1. The Morgan fingerprint density at radius 2 is 2.08 bits per heavy atom. The minimum atomic E-state index is -0.240. The van der Waals surface area contributed by atoms with Gasteiger partial charge in [0, 0.05) is 11.3 Å². The van der Waals surface area contributed by atoms with Crippen molar-refractivity contribution in [2.24, 2.45) is 0 Å². The number of ether oxygens (including phenoxy) is 3. The molecule has 7 heteroatoms. The Hall–Kier alpha value is -2.80. The monoisotopic (exact) mass is 356 g/mol. The van der Waals surface area contributed by atoms with Crippen molar-refractivity contribution in [3.8, 4) is 17.2 Å². The van der Waals surface area contributed by atoms with Gasteiger partial charge in [0.05, 0.1) is 22.3 Å². The lowest BCUT2D eigenvalue weighted by Gasteiger charge is -2.21. The van der Waals surface area contributed by atoms with Crippen molar-refractivity contribution >= 4 is 33.1 Å². The molecule has 1 aromatic heterocycles. The van der Waals surface area contributed by atoms with Crippen LogP contribution in [0.15, 0.2) is 30.3 Å². The number of carbonyl (C=O) groups excluding carboxylic acids is 1. The molecule has 0 atom stereocenters. The molecule has 3 aromatic rings. The number of amides is 1. The van der Waals surface area contributed by atoms with E-state index in [9.17, 15) is 4.79 Å². The maximum atomic E-state index is 12.6. The molecule has 0 spiro atoms. The maximum Gasteiger partial charge on any atom is 0.255 e. The van der Waals surface area contributed by atoms with Gasteiger partial charge in [0.25, 0.3) is 5.91 Å². The van der Waals surface area contributed by atoms with Crippen LogP contribution < -0.4 is 19.5 Å². The van der Waals surface area contributed by atoms with Gasteiger partial charge in [-0.2, -0.15) is 0 Å². The number of hydrogen-bond acceptors (Lipinski definition) is 6. The van der Waals surface area contributed by atoms with E-state index in [1.54, 1.807) is 23.5 Å². The van der Waals surface area contributed by atoms with E-state index in [0.29, 0.717) is 36.0 Å². The lowest BCUT2D eigenvalue weighted by molar-refractivity contribution is 0.102. The van der Waals surface area contributed by atoms with Crippen molar-refractivity contribution in [1.82, 2.24) is 4.98 Å². The first kappa shape index (κ1) is 15.7. The summed E-state index contributed by atoms with van der Waals surface area (Å²) in [5, 5.41) is 3.90. The zero-order chi connectivity index (χ0) is 17.4. The van der Waals surface area contributed by atoms with Crippen molar-refractivity contribution in [1.29, 1.82) is 0 Å². The predicted octanol–water partition coefficient (Wildman–Crippen LogP) is 3.64. The first-order valence-corrected chi connectivity index (χ1v) is 8.62. The van der Waals surface area contributed by atoms with E-state index in [2.05, 4.69) is 10.3 Å². The van der Waals surface area contributed by atoms with Gasteiger partial charge >= 0.3 is 0 Å². The third kappa shape index (κ3) is 2.98. The molecule has 0 fully saturated rings. The molecule has 2 heterocycles. The highest BCUT2D eigenvalue weighted by Gasteiger charge is 2.21. The van der Waals surface area contributed by atoms with Gasteiger partial charge in [0.15, 0.2) is 11.5 Å². The van der Waals surface area contributed by atoms with E-state index < -0.39 is 0 Å². The average Bonchev–Trinajstić information content (AvgIpc) is 3.00. The Morgan fingerprint density at radius 3 is 2.92 bits per heavy atom. The van der Waals surface area contributed by atoms with Crippen LogP contribution in [0.5, 0.6) is 17.2 Å². The molecule has 25 heavy (non-hydrogen) atoms. The van der Waals surface area contributed by atoms with E-state index in [0.717, 1.165) is 20.9 Å². The van der Waals surface area contributed by atoms with Crippen LogP contribution in [-0.2, 0) is 0 Å². The molecular formula is C18H16N2O4S. The Labute approximate surface area is 148 Å². The van der Waals surface area contributed by atoms with Crippen molar-refractivity contribution < 1.29 is 19.0 Å². The number of fused-ring (bicyclic) bond motifs is 2. The zero-order valence-electron chi connectivity index (χ0n) is 13.8. The number of thiazole rings is 1. The molecule has 0 bridgehead atoms. The zero-order valence-corrected chi connectivity index (χ0v) is 14.6. The number of carbonyl (C=O) groups is 1. The number of nitrogens with zero attached hydrogens (tertiary/aromatic N) is 1. The summed E-state index contributed by atoms with van der Waals surface area (Å²) in [6.07, 6.45) is 0. The lowest BCUT2D eigenvalue weighted by Crippen LogP contribution is -2.18. The van der Waals surface area contributed by atoms with Gasteiger partial charge in [-0.25, -0.2) is 4.98 Å². The molecule has 1 aliphatic rings. The van der Waals surface area contributed by atoms with Crippen molar-refractivity contribution in [3.63, 3.8) is 0 Å². The van der Waals surface area contributed by atoms with Gasteiger partial charge in [-0.1, -0.05) is 0 Å². The molecule has 0 saturated heterocycles. The normalized spacial score (nSPS) is 12.9. The summed E-state index contributed by atoms with van der Waals surface area (Å²) in [4.78, 5) is 17.1. The van der Waals surface area contributed by atoms with Crippen molar-refractivity contribution in [2.45, 2.75) is 6.92 Å². The molecule has 128 valence electrons. The topological polar surface area (TPSA) is 69.7 Å². The lowest BCUT2D eigenvalue weighted by atomic mass is 10.1. The Morgan fingerprint density at radius 1 is 1.24 bits per heavy atom. The van der Waals surface area contributed by atoms with E-state index in [-0.39, 0.29) is 5.91 Å². The summed E-state index contributed by atoms with van der Waals surface area (Å²) in [6, 6.07) is 8.99. The second-order valence-corrected chi connectivity index (χ2v) is 6.81. The van der Waals surface area contributed by atoms with Crippen molar-refractivity contribution in [3.05, 3.63) is 40.9 Å². The third-order valence-electron chi connectivity index (χ3n) is 3.84. The molecule has 6 nitrogen and oxygen atoms in total. The number of aromatic nitrogens is 1. The first-order valence-electron chi connectivity index (χ1n) is 7.80. The molecule has 1 aliphatic heterocycles. The van der Waals surface area contributed by atoms with E-state index >= 15 is 0 Å². The van der Waals surface area contributed by atoms with Crippen LogP contribution in [0.25, 0.3) is 10.2 Å². The van der Waals surface area contributed by atoms with Gasteiger partial charge in [-0.15, -0.1) is 11.3 Å². The van der Waals surface area contributed by atoms with Gasteiger partial charge in [0.2, 0.25) is 5.75 Å². The molecule has 0 saturated carbocycles. The highest BCUT2D eigenvalue weighted by molar-refractivity contribution is 7.18. The number of hydrogen-bond donors (Lipinski definition) is 1. The van der Waals surface area contributed by atoms with E-state index in [4.69, 9.17) is 14.2 Å². The number of anilines is 1. The highest BCUT2D eigenvalue weighted by Crippen LogP contribution is 2.40. The van der Waals surface area contributed by atoms with Crippen LogP contribution in [0.3, 0.4) is 0 Å².